The molecule has 0 aliphatic carbocycles. The second-order valence-electron chi connectivity index (χ2n) is 17.8. The number of ether oxygens (including phenoxy) is 3. The number of carbonyl (C=O) groups is 3. The lowest BCUT2D eigenvalue weighted by atomic mass is 10.1. The normalized spacial score (nSPS) is 12.5. The van der Waals surface area contributed by atoms with Crippen LogP contribution in [0.1, 0.15) is 265 Å². The van der Waals surface area contributed by atoms with E-state index in [1.165, 1.54) is 141 Å². The third-order valence-corrected chi connectivity index (χ3v) is 11.5. The second-order valence-corrected chi connectivity index (χ2v) is 17.8. The molecule has 0 aliphatic heterocycles. The predicted molar refractivity (Wildman–Crippen MR) is 270 cm³/mol. The molecular weight excluding hydrogens is 781 g/mol. The summed E-state index contributed by atoms with van der Waals surface area (Å²) in [6.45, 7) is 6.48. The standard InChI is InChI=1S/C57H100O6/c1-4-7-10-13-16-19-22-25-27-28-30-32-35-38-41-44-47-50-56(59)62-53-54(52-61-55(58)49-46-43-40-37-34-31-24-21-18-15-12-9-6-3)63-57(60)51-48-45-42-39-36-33-29-26-23-20-17-14-11-8-5-2/h9,12,15,18,20-21,23-25,27,54H,4-8,10-11,13-14,16-17,19,22,26,28-53H2,1-3H3/b12-9-,18-15-,23-20-,24-21-,27-25-. The molecule has 0 N–H and O–H groups in total. The fourth-order valence-corrected chi connectivity index (χ4v) is 7.49. The molecule has 0 heterocycles. The van der Waals surface area contributed by atoms with Crippen LogP contribution in [0.25, 0.3) is 0 Å². The van der Waals surface area contributed by atoms with Crippen molar-refractivity contribution in [2.24, 2.45) is 0 Å². The molecule has 0 aromatic carbocycles. The summed E-state index contributed by atoms with van der Waals surface area (Å²) in [5.41, 5.74) is 0. The zero-order chi connectivity index (χ0) is 45.8. The van der Waals surface area contributed by atoms with Gasteiger partial charge in [-0.1, -0.05) is 216 Å². The molecule has 63 heavy (non-hydrogen) atoms. The van der Waals surface area contributed by atoms with Gasteiger partial charge in [-0.3, -0.25) is 14.4 Å². The van der Waals surface area contributed by atoms with E-state index < -0.39 is 6.10 Å². The maximum atomic E-state index is 12.8. The summed E-state index contributed by atoms with van der Waals surface area (Å²) in [4.78, 5) is 38.0. The van der Waals surface area contributed by atoms with E-state index >= 15 is 0 Å². The zero-order valence-electron chi connectivity index (χ0n) is 41.6. The van der Waals surface area contributed by atoms with Gasteiger partial charge in [0.25, 0.3) is 0 Å². The van der Waals surface area contributed by atoms with Crippen molar-refractivity contribution >= 4 is 17.9 Å². The van der Waals surface area contributed by atoms with Gasteiger partial charge in [0.15, 0.2) is 6.10 Å². The van der Waals surface area contributed by atoms with Crippen LogP contribution in [-0.2, 0) is 28.6 Å². The van der Waals surface area contributed by atoms with E-state index in [0.717, 1.165) is 83.5 Å². The van der Waals surface area contributed by atoms with Gasteiger partial charge in [0, 0.05) is 19.3 Å². The third-order valence-electron chi connectivity index (χ3n) is 11.5. The number of allylic oxidation sites excluding steroid dienone is 10. The first kappa shape index (κ1) is 60.1. The van der Waals surface area contributed by atoms with Crippen LogP contribution in [0.2, 0.25) is 0 Å². The molecule has 6 heteroatoms. The highest BCUT2D eigenvalue weighted by atomic mass is 16.6. The summed E-state index contributed by atoms with van der Waals surface area (Å²) < 4.78 is 16.8. The molecule has 0 aromatic heterocycles. The molecule has 0 bridgehead atoms. The minimum absolute atomic E-state index is 0.0843. The molecule has 364 valence electrons. The molecule has 0 aliphatic rings. The van der Waals surface area contributed by atoms with Gasteiger partial charge < -0.3 is 14.2 Å². The molecule has 0 rings (SSSR count). The average Bonchev–Trinajstić information content (AvgIpc) is 3.28. The zero-order valence-corrected chi connectivity index (χ0v) is 41.6. The molecule has 0 amide bonds. The van der Waals surface area contributed by atoms with E-state index in [1.807, 2.05) is 0 Å². The van der Waals surface area contributed by atoms with Crippen molar-refractivity contribution in [2.75, 3.05) is 13.2 Å². The predicted octanol–water partition coefficient (Wildman–Crippen LogP) is 17.6. The number of hydrogen-bond acceptors (Lipinski definition) is 6. The quantitative estimate of drug-likeness (QED) is 0.0199. The van der Waals surface area contributed by atoms with Gasteiger partial charge in [-0.2, -0.15) is 0 Å². The van der Waals surface area contributed by atoms with E-state index in [2.05, 4.69) is 81.5 Å². The highest BCUT2D eigenvalue weighted by Crippen LogP contribution is 2.15. The molecule has 1 atom stereocenters. The molecule has 0 saturated carbocycles. The van der Waals surface area contributed by atoms with Crippen LogP contribution in [0.4, 0.5) is 0 Å². The van der Waals surface area contributed by atoms with E-state index in [-0.39, 0.29) is 31.1 Å². The van der Waals surface area contributed by atoms with Crippen LogP contribution < -0.4 is 0 Å². The van der Waals surface area contributed by atoms with Gasteiger partial charge in [-0.05, 0) is 89.9 Å². The maximum absolute atomic E-state index is 12.8. The number of hydrogen-bond donors (Lipinski definition) is 0. The van der Waals surface area contributed by atoms with Gasteiger partial charge in [0.2, 0.25) is 0 Å². The summed E-state index contributed by atoms with van der Waals surface area (Å²) in [5.74, 6) is -0.908. The van der Waals surface area contributed by atoms with Crippen molar-refractivity contribution in [2.45, 2.75) is 271 Å². The molecular formula is C57H100O6. The number of rotatable bonds is 48. The minimum atomic E-state index is -0.785. The summed E-state index contributed by atoms with van der Waals surface area (Å²) in [6.07, 6.45) is 63.4. The largest absolute Gasteiger partial charge is 0.462 e. The summed E-state index contributed by atoms with van der Waals surface area (Å²) in [6, 6.07) is 0. The van der Waals surface area contributed by atoms with Gasteiger partial charge in [-0.25, -0.2) is 0 Å². The van der Waals surface area contributed by atoms with Crippen molar-refractivity contribution in [1.82, 2.24) is 0 Å². The Morgan fingerprint density at radius 2 is 0.635 bits per heavy atom. The smallest absolute Gasteiger partial charge is 0.306 e. The first-order valence-electron chi connectivity index (χ1n) is 26.8. The summed E-state index contributed by atoms with van der Waals surface area (Å²) in [7, 11) is 0. The van der Waals surface area contributed by atoms with E-state index in [0.29, 0.717) is 19.3 Å². The third kappa shape index (κ3) is 50.0. The molecule has 0 radical (unpaired) electrons. The fraction of sp³-hybridized carbons (Fsp3) is 0.772. The Labute approximate surface area is 390 Å². The highest BCUT2D eigenvalue weighted by Gasteiger charge is 2.19. The van der Waals surface area contributed by atoms with Crippen LogP contribution >= 0.6 is 0 Å². The van der Waals surface area contributed by atoms with Crippen molar-refractivity contribution in [3.05, 3.63) is 60.8 Å². The van der Waals surface area contributed by atoms with Gasteiger partial charge >= 0.3 is 17.9 Å². The lowest BCUT2D eigenvalue weighted by Crippen LogP contribution is -2.30. The monoisotopic (exact) mass is 881 g/mol. The Morgan fingerprint density at radius 3 is 1.02 bits per heavy atom. The van der Waals surface area contributed by atoms with Crippen LogP contribution in [-0.4, -0.2) is 37.2 Å². The fourth-order valence-electron chi connectivity index (χ4n) is 7.49. The molecule has 0 fully saturated rings. The molecule has 0 saturated heterocycles. The van der Waals surface area contributed by atoms with Gasteiger partial charge in [0.1, 0.15) is 13.2 Å². The Balaban J connectivity index is 4.39. The van der Waals surface area contributed by atoms with Crippen molar-refractivity contribution in [3.8, 4) is 0 Å². The minimum Gasteiger partial charge on any atom is -0.462 e. The molecule has 0 spiro atoms. The maximum Gasteiger partial charge on any atom is 0.306 e. The average molecular weight is 881 g/mol. The number of unbranched alkanes of at least 4 members (excludes halogenated alkanes) is 29. The SMILES string of the molecule is CC\C=C/C=C\C=C/CCCCCCCC(=O)OCC(COC(=O)CCCCCCCCC/C=C\CCCCCCCC)OC(=O)CCCCCCCCC/C=C\CCCCCC. The lowest BCUT2D eigenvalue weighted by molar-refractivity contribution is -0.167. The van der Waals surface area contributed by atoms with E-state index in [4.69, 9.17) is 14.2 Å². The molecule has 0 aromatic rings. The Hall–Kier alpha value is -2.89. The van der Waals surface area contributed by atoms with Crippen molar-refractivity contribution in [3.63, 3.8) is 0 Å². The summed E-state index contributed by atoms with van der Waals surface area (Å²) in [5, 5.41) is 0. The van der Waals surface area contributed by atoms with Crippen LogP contribution in [0.5, 0.6) is 0 Å². The van der Waals surface area contributed by atoms with Gasteiger partial charge in [-0.15, -0.1) is 0 Å². The van der Waals surface area contributed by atoms with Crippen molar-refractivity contribution in [1.29, 1.82) is 0 Å². The second kappa shape index (κ2) is 51.7. The Bertz CT molecular complexity index is 1150. The van der Waals surface area contributed by atoms with E-state index in [1.54, 1.807) is 0 Å². The number of carbonyl (C=O) groups excluding carboxylic acids is 3. The summed E-state index contributed by atoms with van der Waals surface area (Å²) >= 11 is 0. The lowest BCUT2D eigenvalue weighted by Gasteiger charge is -2.18. The molecule has 1 unspecified atom stereocenters. The van der Waals surface area contributed by atoms with Crippen molar-refractivity contribution < 1.29 is 28.6 Å². The van der Waals surface area contributed by atoms with E-state index in [9.17, 15) is 14.4 Å². The van der Waals surface area contributed by atoms with Crippen LogP contribution in [0, 0.1) is 0 Å². The highest BCUT2D eigenvalue weighted by molar-refractivity contribution is 5.71. The van der Waals surface area contributed by atoms with Crippen LogP contribution in [0.15, 0.2) is 60.8 Å². The molecule has 6 nitrogen and oxygen atoms in total. The van der Waals surface area contributed by atoms with Crippen LogP contribution in [0.3, 0.4) is 0 Å². The topological polar surface area (TPSA) is 78.9 Å². The first-order valence-corrected chi connectivity index (χ1v) is 26.8. The number of esters is 3. The first-order chi connectivity index (χ1) is 31.0. The Morgan fingerprint density at radius 1 is 0.333 bits per heavy atom. The van der Waals surface area contributed by atoms with Gasteiger partial charge in [0.05, 0.1) is 0 Å². The Kier molecular flexibility index (Phi) is 49.4.